The first-order valence-corrected chi connectivity index (χ1v) is 9.05. The standard InChI is InChI=1S/C19H28BNO4/c1-18(2)19(3,4)25-20(24-18)14-9-10-15(16(11-14)23-5)17(22)21-12-13-7-6-8-13/h9-11,13H,6-8,12H2,1-5H3,(H,21,22). The highest BCUT2D eigenvalue weighted by atomic mass is 16.7. The van der Waals surface area contributed by atoms with Crippen LogP contribution in [0.4, 0.5) is 0 Å². The summed E-state index contributed by atoms with van der Waals surface area (Å²) in [5.41, 5.74) is 0.598. The summed E-state index contributed by atoms with van der Waals surface area (Å²) in [6, 6.07) is 5.50. The summed E-state index contributed by atoms with van der Waals surface area (Å²) < 4.78 is 17.6. The molecule has 1 aliphatic carbocycles. The van der Waals surface area contributed by atoms with Gasteiger partial charge in [-0.3, -0.25) is 4.79 Å². The van der Waals surface area contributed by atoms with Gasteiger partial charge in [0.1, 0.15) is 5.75 Å². The number of methoxy groups -OCH3 is 1. The third-order valence-corrected chi connectivity index (χ3v) is 5.77. The summed E-state index contributed by atoms with van der Waals surface area (Å²) in [4.78, 5) is 12.5. The number of benzene rings is 1. The quantitative estimate of drug-likeness (QED) is 0.834. The molecule has 0 atom stereocenters. The van der Waals surface area contributed by atoms with E-state index in [4.69, 9.17) is 14.0 Å². The lowest BCUT2D eigenvalue weighted by molar-refractivity contribution is 0.00578. The van der Waals surface area contributed by atoms with Crippen molar-refractivity contribution in [1.29, 1.82) is 0 Å². The third kappa shape index (κ3) is 3.56. The van der Waals surface area contributed by atoms with E-state index in [-0.39, 0.29) is 5.91 Å². The number of hydrogen-bond acceptors (Lipinski definition) is 4. The number of nitrogens with one attached hydrogen (secondary N) is 1. The number of rotatable bonds is 5. The zero-order valence-electron chi connectivity index (χ0n) is 15.8. The molecule has 1 saturated heterocycles. The van der Waals surface area contributed by atoms with E-state index in [2.05, 4.69) is 5.32 Å². The molecule has 0 unspecified atom stereocenters. The van der Waals surface area contributed by atoms with Crippen molar-refractivity contribution >= 4 is 18.5 Å². The second kappa shape index (κ2) is 6.65. The maximum absolute atomic E-state index is 12.5. The van der Waals surface area contributed by atoms with Crippen molar-refractivity contribution in [2.45, 2.75) is 58.2 Å². The molecule has 1 aliphatic heterocycles. The van der Waals surface area contributed by atoms with Gasteiger partial charge < -0.3 is 19.4 Å². The Hall–Kier alpha value is -1.53. The maximum atomic E-state index is 12.5. The molecule has 0 radical (unpaired) electrons. The highest BCUT2D eigenvalue weighted by Gasteiger charge is 2.51. The van der Waals surface area contributed by atoms with Crippen molar-refractivity contribution in [3.8, 4) is 5.75 Å². The molecule has 1 N–H and O–H groups in total. The predicted octanol–water partition coefficient (Wildman–Crippen LogP) is 2.52. The molecule has 6 heteroatoms. The first-order valence-electron chi connectivity index (χ1n) is 9.05. The maximum Gasteiger partial charge on any atom is 0.494 e. The molecule has 0 aromatic heterocycles. The van der Waals surface area contributed by atoms with E-state index < -0.39 is 18.3 Å². The van der Waals surface area contributed by atoms with Crippen LogP contribution >= 0.6 is 0 Å². The summed E-state index contributed by atoms with van der Waals surface area (Å²) in [6.07, 6.45) is 3.68. The van der Waals surface area contributed by atoms with E-state index in [0.717, 1.165) is 12.0 Å². The van der Waals surface area contributed by atoms with Crippen LogP contribution in [0.5, 0.6) is 5.75 Å². The van der Waals surface area contributed by atoms with Crippen LogP contribution in [0.2, 0.25) is 0 Å². The number of hydrogen-bond donors (Lipinski definition) is 1. The van der Waals surface area contributed by atoms with Crippen molar-refractivity contribution < 1.29 is 18.8 Å². The number of carbonyl (C=O) groups excluding carboxylic acids is 1. The number of carbonyl (C=O) groups is 1. The Kier molecular flexibility index (Phi) is 4.86. The lowest BCUT2D eigenvalue weighted by Gasteiger charge is -2.32. The summed E-state index contributed by atoms with van der Waals surface area (Å²) in [7, 11) is 1.11. The summed E-state index contributed by atoms with van der Waals surface area (Å²) in [6.45, 7) is 8.82. The smallest absolute Gasteiger partial charge is 0.494 e. The van der Waals surface area contributed by atoms with E-state index in [0.29, 0.717) is 17.2 Å². The minimum atomic E-state index is -0.467. The summed E-state index contributed by atoms with van der Waals surface area (Å²) in [5.74, 6) is 1.07. The monoisotopic (exact) mass is 345 g/mol. The molecule has 1 saturated carbocycles. The molecular weight excluding hydrogens is 317 g/mol. The first kappa shape index (κ1) is 18.3. The number of amides is 1. The highest BCUT2D eigenvalue weighted by Crippen LogP contribution is 2.36. The van der Waals surface area contributed by atoms with Crippen molar-refractivity contribution in [1.82, 2.24) is 5.32 Å². The molecular formula is C19H28BNO4. The van der Waals surface area contributed by atoms with Gasteiger partial charge in [-0.2, -0.15) is 0 Å². The van der Waals surface area contributed by atoms with Crippen LogP contribution in [0.3, 0.4) is 0 Å². The van der Waals surface area contributed by atoms with Crippen LogP contribution in [-0.2, 0) is 9.31 Å². The van der Waals surface area contributed by atoms with E-state index >= 15 is 0 Å². The van der Waals surface area contributed by atoms with Gasteiger partial charge in [0.15, 0.2) is 0 Å². The Morgan fingerprint density at radius 1 is 1.24 bits per heavy atom. The van der Waals surface area contributed by atoms with Crippen LogP contribution in [-0.4, -0.2) is 37.9 Å². The molecule has 25 heavy (non-hydrogen) atoms. The van der Waals surface area contributed by atoms with Gasteiger partial charge in [0.25, 0.3) is 5.91 Å². The fraction of sp³-hybridized carbons (Fsp3) is 0.632. The lowest BCUT2D eigenvalue weighted by atomic mass is 9.78. The zero-order chi connectivity index (χ0) is 18.2. The topological polar surface area (TPSA) is 56.8 Å². The second-order valence-corrected chi connectivity index (χ2v) is 8.05. The number of ether oxygens (including phenoxy) is 1. The molecule has 2 fully saturated rings. The van der Waals surface area contributed by atoms with E-state index in [1.165, 1.54) is 19.3 Å². The Morgan fingerprint density at radius 3 is 2.40 bits per heavy atom. The van der Waals surface area contributed by atoms with Gasteiger partial charge in [-0.25, -0.2) is 0 Å². The zero-order valence-corrected chi connectivity index (χ0v) is 15.8. The minimum absolute atomic E-state index is 0.0933. The van der Waals surface area contributed by atoms with Gasteiger partial charge in [0.2, 0.25) is 0 Å². The molecule has 1 heterocycles. The molecule has 0 spiro atoms. The molecule has 2 aliphatic rings. The molecule has 1 aromatic carbocycles. The average molecular weight is 345 g/mol. The Bertz CT molecular complexity index is 639. The largest absolute Gasteiger partial charge is 0.496 e. The fourth-order valence-electron chi connectivity index (χ4n) is 3.05. The van der Waals surface area contributed by atoms with Gasteiger partial charge in [-0.15, -0.1) is 0 Å². The van der Waals surface area contributed by atoms with Gasteiger partial charge in [-0.1, -0.05) is 12.5 Å². The normalized spacial score (nSPS) is 21.7. The van der Waals surface area contributed by atoms with Gasteiger partial charge in [-0.05, 0) is 64.1 Å². The van der Waals surface area contributed by atoms with Gasteiger partial charge >= 0.3 is 7.12 Å². The molecule has 3 rings (SSSR count). The van der Waals surface area contributed by atoms with Crippen molar-refractivity contribution in [2.24, 2.45) is 5.92 Å². The van der Waals surface area contributed by atoms with Crippen LogP contribution in [0.25, 0.3) is 0 Å². The van der Waals surface area contributed by atoms with Crippen molar-refractivity contribution in [3.63, 3.8) is 0 Å². The Labute approximate surface area is 150 Å². The summed E-state index contributed by atoms with van der Waals surface area (Å²) in [5, 5.41) is 3.01. The van der Waals surface area contributed by atoms with E-state index in [1.54, 1.807) is 13.2 Å². The van der Waals surface area contributed by atoms with E-state index in [1.807, 2.05) is 39.8 Å². The summed E-state index contributed by atoms with van der Waals surface area (Å²) >= 11 is 0. The molecule has 136 valence electrons. The SMILES string of the molecule is COc1cc(B2OC(C)(C)C(C)(C)O2)ccc1C(=O)NCC1CCC1. The fourth-order valence-corrected chi connectivity index (χ4v) is 3.05. The third-order valence-electron chi connectivity index (χ3n) is 5.77. The Balaban J connectivity index is 1.74. The molecule has 1 amide bonds. The van der Waals surface area contributed by atoms with Crippen molar-refractivity contribution in [3.05, 3.63) is 23.8 Å². The first-order chi connectivity index (χ1) is 11.7. The average Bonchev–Trinajstić information content (AvgIpc) is 2.73. The predicted molar refractivity (Wildman–Crippen MR) is 98.4 cm³/mol. The van der Waals surface area contributed by atoms with Gasteiger partial charge in [0.05, 0.1) is 23.9 Å². The van der Waals surface area contributed by atoms with Crippen LogP contribution < -0.4 is 15.5 Å². The highest BCUT2D eigenvalue weighted by molar-refractivity contribution is 6.62. The Morgan fingerprint density at radius 2 is 1.88 bits per heavy atom. The molecule has 5 nitrogen and oxygen atoms in total. The van der Waals surface area contributed by atoms with Crippen molar-refractivity contribution in [2.75, 3.05) is 13.7 Å². The van der Waals surface area contributed by atoms with E-state index in [9.17, 15) is 4.79 Å². The molecule has 0 bridgehead atoms. The second-order valence-electron chi connectivity index (χ2n) is 8.05. The molecule has 1 aromatic rings. The van der Waals surface area contributed by atoms with Crippen LogP contribution in [0.15, 0.2) is 18.2 Å². The minimum Gasteiger partial charge on any atom is -0.496 e. The van der Waals surface area contributed by atoms with Crippen LogP contribution in [0, 0.1) is 5.92 Å². The van der Waals surface area contributed by atoms with Gasteiger partial charge in [0, 0.05) is 6.54 Å². The van der Waals surface area contributed by atoms with Crippen LogP contribution in [0.1, 0.15) is 57.3 Å². The lowest BCUT2D eigenvalue weighted by Crippen LogP contribution is -2.41.